The average Bonchev–Trinajstić information content (AvgIpc) is 3.40. The molecule has 0 aliphatic rings. The number of hydrogen-bond donors (Lipinski definition) is 0. The van der Waals surface area contributed by atoms with Gasteiger partial charge in [0.05, 0.1) is 35.2 Å². The summed E-state index contributed by atoms with van der Waals surface area (Å²) >= 11 is 0. The van der Waals surface area contributed by atoms with Gasteiger partial charge in [-0.3, -0.25) is 9.13 Å². The molecular formula is C27H21N3O. The normalized spacial score (nSPS) is 11.6. The van der Waals surface area contributed by atoms with Crippen LogP contribution in [0.15, 0.2) is 108 Å². The Labute approximate surface area is 179 Å². The van der Waals surface area contributed by atoms with Gasteiger partial charge in [-0.25, -0.2) is 4.79 Å². The van der Waals surface area contributed by atoms with Gasteiger partial charge in [0, 0.05) is 11.6 Å². The highest BCUT2D eigenvalue weighted by atomic mass is 16.1. The van der Waals surface area contributed by atoms with Crippen molar-refractivity contribution in [2.24, 2.45) is 0 Å². The summed E-state index contributed by atoms with van der Waals surface area (Å²) in [6, 6.07) is 32.9. The van der Waals surface area contributed by atoms with Crippen molar-refractivity contribution in [3.63, 3.8) is 0 Å². The van der Waals surface area contributed by atoms with Crippen LogP contribution in [0.3, 0.4) is 0 Å². The molecule has 0 aliphatic heterocycles. The van der Waals surface area contributed by atoms with Gasteiger partial charge in [0.25, 0.3) is 0 Å². The molecule has 0 aliphatic carbocycles. The molecule has 0 unspecified atom stereocenters. The molecule has 3 heterocycles. The summed E-state index contributed by atoms with van der Waals surface area (Å²) < 4.78 is 6.05. The molecule has 4 nitrogen and oxygen atoms in total. The summed E-state index contributed by atoms with van der Waals surface area (Å²) in [5.41, 5.74) is 6.37. The van der Waals surface area contributed by atoms with Crippen molar-refractivity contribution < 1.29 is 0 Å². The highest BCUT2D eigenvalue weighted by Crippen LogP contribution is 2.30. The molecule has 0 fully saturated rings. The number of para-hydroxylation sites is 1. The maximum Gasteiger partial charge on any atom is 0.329 e. The Balaban J connectivity index is 1.73. The van der Waals surface area contributed by atoms with Gasteiger partial charge in [0.2, 0.25) is 0 Å². The van der Waals surface area contributed by atoms with Gasteiger partial charge in [-0.1, -0.05) is 78.9 Å². The molecule has 6 rings (SSSR count). The highest BCUT2D eigenvalue weighted by Gasteiger charge is 2.20. The van der Waals surface area contributed by atoms with Gasteiger partial charge in [0.1, 0.15) is 0 Å². The van der Waals surface area contributed by atoms with E-state index in [1.807, 2.05) is 63.7 Å². The minimum atomic E-state index is 0.0159. The largest absolute Gasteiger partial charge is 0.329 e. The van der Waals surface area contributed by atoms with Crippen molar-refractivity contribution >= 4 is 27.5 Å². The number of hydrogen-bond acceptors (Lipinski definition) is 1. The summed E-state index contributed by atoms with van der Waals surface area (Å²) in [6.45, 7) is 1.08. The van der Waals surface area contributed by atoms with E-state index >= 15 is 0 Å². The number of benzene rings is 3. The molecule has 150 valence electrons. The van der Waals surface area contributed by atoms with Crippen LogP contribution in [0.2, 0.25) is 0 Å². The molecular weight excluding hydrogens is 382 g/mol. The molecule has 0 N–H and O–H groups in total. The predicted octanol–water partition coefficient (Wildman–Crippen LogP) is 5.31. The number of rotatable bonds is 4. The predicted molar refractivity (Wildman–Crippen MR) is 126 cm³/mol. The van der Waals surface area contributed by atoms with Gasteiger partial charge >= 0.3 is 5.69 Å². The maximum absolute atomic E-state index is 13.8. The third-order valence-electron chi connectivity index (χ3n) is 6.00. The first-order valence-electron chi connectivity index (χ1n) is 10.5. The topological polar surface area (TPSA) is 31.3 Å². The standard InChI is InChI=1S/C27H21N3O/c31-27-29(18-20-10-3-1-4-11-20)25-22-14-7-8-15-23(22)28-17-9-16-24(28)26(25)30(27)19-21-12-5-2-6-13-21/h1-17H,18-19H2. The van der Waals surface area contributed by atoms with Crippen LogP contribution in [0.4, 0.5) is 0 Å². The fourth-order valence-corrected chi connectivity index (χ4v) is 4.62. The molecule has 31 heavy (non-hydrogen) atoms. The lowest BCUT2D eigenvalue weighted by Crippen LogP contribution is -2.25. The van der Waals surface area contributed by atoms with Gasteiger partial charge in [0.15, 0.2) is 0 Å². The van der Waals surface area contributed by atoms with Crippen LogP contribution in [0, 0.1) is 0 Å². The highest BCUT2D eigenvalue weighted by molar-refractivity contribution is 6.09. The first-order valence-corrected chi connectivity index (χ1v) is 10.5. The first-order chi connectivity index (χ1) is 15.3. The number of nitrogens with zero attached hydrogens (tertiary/aromatic N) is 3. The lowest BCUT2D eigenvalue weighted by molar-refractivity contribution is 0.702. The van der Waals surface area contributed by atoms with Gasteiger partial charge in [-0.2, -0.15) is 0 Å². The first kappa shape index (κ1) is 17.8. The molecule has 0 bridgehead atoms. The molecule has 0 spiro atoms. The van der Waals surface area contributed by atoms with Crippen LogP contribution in [0.5, 0.6) is 0 Å². The minimum Gasteiger partial charge on any atom is -0.314 e. The third-order valence-corrected chi connectivity index (χ3v) is 6.00. The van der Waals surface area contributed by atoms with Crippen LogP contribution < -0.4 is 5.69 Å². The molecule has 0 atom stereocenters. The summed E-state index contributed by atoms with van der Waals surface area (Å²) in [5, 5.41) is 1.08. The van der Waals surface area contributed by atoms with Gasteiger partial charge < -0.3 is 4.40 Å². The second-order valence-corrected chi connectivity index (χ2v) is 7.90. The SMILES string of the molecule is O=c1n(Cc2ccccc2)c2c3ccccc3n3cccc3c2n1Cc1ccccc1. The third kappa shape index (κ3) is 2.80. The lowest BCUT2D eigenvalue weighted by atomic mass is 10.1. The van der Waals surface area contributed by atoms with Crippen LogP contribution in [-0.4, -0.2) is 13.5 Å². The van der Waals surface area contributed by atoms with Crippen LogP contribution in [0.25, 0.3) is 27.5 Å². The molecule has 0 amide bonds. The van der Waals surface area contributed by atoms with E-state index in [1.165, 1.54) is 0 Å². The Morgan fingerprint density at radius 3 is 1.77 bits per heavy atom. The van der Waals surface area contributed by atoms with Crippen LogP contribution in [0.1, 0.15) is 11.1 Å². The van der Waals surface area contributed by atoms with Crippen molar-refractivity contribution in [3.8, 4) is 0 Å². The van der Waals surface area contributed by atoms with Crippen molar-refractivity contribution in [1.82, 2.24) is 13.5 Å². The molecule has 3 aromatic carbocycles. The number of imidazole rings is 1. The fraction of sp³-hybridized carbons (Fsp3) is 0.0741. The van der Waals surface area contributed by atoms with E-state index in [-0.39, 0.29) is 5.69 Å². The molecule has 6 aromatic rings. The summed E-state index contributed by atoms with van der Waals surface area (Å²) in [7, 11) is 0. The van der Waals surface area contributed by atoms with Gasteiger partial charge in [-0.15, -0.1) is 0 Å². The second-order valence-electron chi connectivity index (χ2n) is 7.90. The summed E-state index contributed by atoms with van der Waals surface area (Å²) in [4.78, 5) is 13.8. The van der Waals surface area contributed by atoms with E-state index in [0.717, 1.165) is 38.6 Å². The van der Waals surface area contributed by atoms with Crippen molar-refractivity contribution in [2.75, 3.05) is 0 Å². The van der Waals surface area contributed by atoms with E-state index in [2.05, 4.69) is 53.1 Å². The molecule has 0 saturated heterocycles. The number of fused-ring (bicyclic) bond motifs is 6. The van der Waals surface area contributed by atoms with E-state index in [4.69, 9.17) is 0 Å². The zero-order valence-corrected chi connectivity index (χ0v) is 17.0. The van der Waals surface area contributed by atoms with Crippen LogP contribution in [-0.2, 0) is 13.1 Å². The Morgan fingerprint density at radius 1 is 0.548 bits per heavy atom. The average molecular weight is 403 g/mol. The van der Waals surface area contributed by atoms with Crippen LogP contribution >= 0.6 is 0 Å². The second kappa shape index (κ2) is 7.03. The number of pyridine rings is 1. The van der Waals surface area contributed by atoms with Crippen molar-refractivity contribution in [1.29, 1.82) is 0 Å². The number of aromatic nitrogens is 3. The molecule has 4 heteroatoms. The molecule has 0 radical (unpaired) electrons. The Bertz CT molecular complexity index is 1590. The van der Waals surface area contributed by atoms with E-state index in [9.17, 15) is 4.79 Å². The Morgan fingerprint density at radius 2 is 1.10 bits per heavy atom. The van der Waals surface area contributed by atoms with Gasteiger partial charge in [-0.05, 0) is 29.3 Å². The minimum absolute atomic E-state index is 0.0159. The van der Waals surface area contributed by atoms with E-state index in [1.54, 1.807) is 0 Å². The zero-order chi connectivity index (χ0) is 20.8. The molecule has 0 saturated carbocycles. The monoisotopic (exact) mass is 403 g/mol. The summed E-state index contributed by atoms with van der Waals surface area (Å²) in [5.74, 6) is 0. The zero-order valence-electron chi connectivity index (χ0n) is 17.0. The fourth-order valence-electron chi connectivity index (χ4n) is 4.62. The smallest absolute Gasteiger partial charge is 0.314 e. The Hall–Kier alpha value is -4.05. The lowest BCUT2D eigenvalue weighted by Gasteiger charge is -2.10. The van der Waals surface area contributed by atoms with Crippen molar-refractivity contribution in [3.05, 3.63) is 125 Å². The molecule has 3 aromatic heterocycles. The maximum atomic E-state index is 13.8. The quantitative estimate of drug-likeness (QED) is 0.393. The Kier molecular flexibility index (Phi) is 4.03. The summed E-state index contributed by atoms with van der Waals surface area (Å²) in [6.07, 6.45) is 2.07. The van der Waals surface area contributed by atoms with E-state index < -0.39 is 0 Å². The van der Waals surface area contributed by atoms with Crippen molar-refractivity contribution in [2.45, 2.75) is 13.1 Å². The van der Waals surface area contributed by atoms with E-state index in [0.29, 0.717) is 13.1 Å².